The summed E-state index contributed by atoms with van der Waals surface area (Å²) in [5.41, 5.74) is 3.43. The van der Waals surface area contributed by atoms with E-state index in [2.05, 4.69) is 20.6 Å². The van der Waals surface area contributed by atoms with E-state index in [-0.39, 0.29) is 55.4 Å². The number of alkyl halides is 3. The number of aromatic amines is 1. The molecule has 2 aromatic carbocycles. The van der Waals surface area contributed by atoms with Crippen LogP contribution in [0.5, 0.6) is 0 Å². The van der Waals surface area contributed by atoms with Crippen molar-refractivity contribution in [2.75, 3.05) is 23.7 Å². The Hall–Kier alpha value is -4.22. The molecule has 1 saturated carbocycles. The number of hydrogen-bond donors (Lipinski definition) is 3. The molecule has 1 saturated heterocycles. The summed E-state index contributed by atoms with van der Waals surface area (Å²) in [6, 6.07) is 12.5. The van der Waals surface area contributed by atoms with E-state index in [1.165, 1.54) is 0 Å². The zero-order chi connectivity index (χ0) is 30.0. The summed E-state index contributed by atoms with van der Waals surface area (Å²) in [5.74, 6) is -1.95. The van der Waals surface area contributed by atoms with E-state index in [1.54, 1.807) is 37.3 Å². The number of ketones is 1. The monoisotopic (exact) mass is 583 g/mol. The van der Waals surface area contributed by atoms with Gasteiger partial charge < -0.3 is 20.5 Å². The Morgan fingerprint density at radius 3 is 1.95 bits per heavy atom. The number of benzene rings is 2. The van der Waals surface area contributed by atoms with Gasteiger partial charge in [0, 0.05) is 47.8 Å². The van der Waals surface area contributed by atoms with Crippen molar-refractivity contribution in [3.05, 3.63) is 42.5 Å². The van der Waals surface area contributed by atoms with Gasteiger partial charge in [-0.2, -0.15) is 13.2 Å². The summed E-state index contributed by atoms with van der Waals surface area (Å²) < 4.78 is 37.9. The molecule has 3 N–H and O–H groups in total. The first-order valence-electron chi connectivity index (χ1n) is 14.1. The third kappa shape index (κ3) is 6.63. The smallest absolute Gasteiger partial charge is 0.338 e. The van der Waals surface area contributed by atoms with Crippen LogP contribution in [0.4, 0.5) is 24.5 Å². The minimum atomic E-state index is -4.91. The lowest BCUT2D eigenvalue weighted by molar-refractivity contribution is -0.186. The van der Waals surface area contributed by atoms with Crippen LogP contribution in [0.3, 0.4) is 0 Å². The van der Waals surface area contributed by atoms with Gasteiger partial charge in [-0.15, -0.1) is 0 Å². The number of halogens is 3. The Morgan fingerprint density at radius 2 is 1.36 bits per heavy atom. The number of nitrogens with one attached hydrogen (secondary N) is 3. The van der Waals surface area contributed by atoms with Gasteiger partial charge in [-0.3, -0.25) is 19.2 Å². The molecule has 0 atom stereocenters. The first-order valence-corrected chi connectivity index (χ1v) is 14.1. The molecule has 9 nitrogen and oxygen atoms in total. The number of anilines is 2. The van der Waals surface area contributed by atoms with Gasteiger partial charge in [0.05, 0.1) is 11.0 Å². The Kier molecular flexibility index (Phi) is 8.33. The number of imidazole rings is 1. The molecule has 5 rings (SSSR count). The Labute approximate surface area is 240 Å². The highest BCUT2D eigenvalue weighted by Crippen LogP contribution is 2.31. The number of piperidine rings is 1. The second-order valence-corrected chi connectivity index (χ2v) is 11.1. The van der Waals surface area contributed by atoms with Crippen molar-refractivity contribution < 1.29 is 32.3 Å². The van der Waals surface area contributed by atoms with Gasteiger partial charge in [0.2, 0.25) is 11.8 Å². The molecule has 2 fully saturated rings. The molecule has 1 aromatic heterocycles. The number of rotatable bonds is 6. The maximum absolute atomic E-state index is 12.8. The largest absolute Gasteiger partial charge is 0.471 e. The first-order chi connectivity index (χ1) is 20.0. The zero-order valence-electron chi connectivity index (χ0n) is 23.1. The number of Topliss-reactive ketones (excluding diaryl/α,β-unsaturated/α-hetero) is 1. The molecule has 42 heavy (non-hydrogen) atoms. The van der Waals surface area contributed by atoms with Crippen molar-refractivity contribution >= 4 is 45.9 Å². The predicted molar refractivity (Wildman–Crippen MR) is 150 cm³/mol. The van der Waals surface area contributed by atoms with Gasteiger partial charge in [0.15, 0.2) is 0 Å². The molecule has 3 aromatic rings. The summed E-state index contributed by atoms with van der Waals surface area (Å²) in [5, 5.41) is 5.78. The average Bonchev–Trinajstić information content (AvgIpc) is 3.40. The lowest BCUT2D eigenvalue weighted by Gasteiger charge is -2.31. The number of nitrogens with zero attached hydrogens (tertiary/aromatic N) is 2. The van der Waals surface area contributed by atoms with E-state index in [4.69, 9.17) is 0 Å². The highest BCUT2D eigenvalue weighted by Gasteiger charge is 2.43. The van der Waals surface area contributed by atoms with Crippen LogP contribution in [0.15, 0.2) is 42.5 Å². The first kappa shape index (κ1) is 29.3. The van der Waals surface area contributed by atoms with Crippen molar-refractivity contribution in [3.63, 3.8) is 0 Å². The molecule has 0 radical (unpaired) electrons. The third-order valence-electron chi connectivity index (χ3n) is 8.24. The number of H-pyrrole nitrogens is 1. The molecule has 2 aliphatic rings. The van der Waals surface area contributed by atoms with Crippen LogP contribution in [0, 0.1) is 17.8 Å². The highest BCUT2D eigenvalue weighted by atomic mass is 19.4. The topological polar surface area (TPSA) is 124 Å². The van der Waals surface area contributed by atoms with E-state index in [1.807, 2.05) is 12.1 Å². The lowest BCUT2D eigenvalue weighted by Crippen LogP contribution is -2.46. The van der Waals surface area contributed by atoms with Crippen LogP contribution >= 0.6 is 0 Å². The lowest BCUT2D eigenvalue weighted by atomic mass is 9.80. The fourth-order valence-corrected chi connectivity index (χ4v) is 5.71. The minimum absolute atomic E-state index is 0.0472. The minimum Gasteiger partial charge on any atom is -0.338 e. The summed E-state index contributed by atoms with van der Waals surface area (Å²) in [7, 11) is 0. The molecule has 1 aliphatic carbocycles. The maximum Gasteiger partial charge on any atom is 0.471 e. The van der Waals surface area contributed by atoms with Gasteiger partial charge >= 0.3 is 12.1 Å². The molecule has 0 spiro atoms. The Bertz CT molecular complexity index is 1480. The summed E-state index contributed by atoms with van der Waals surface area (Å²) >= 11 is 0. The summed E-state index contributed by atoms with van der Waals surface area (Å²) in [4.78, 5) is 57.1. The SMILES string of the molecule is CC(=O)C1CCC(C(=O)Nc2ccc3nc(-c4ccc(NC(=O)C5CCN(C(=O)C(F)(F)F)CC5)cc4)[nH]c3c2)CC1. The third-order valence-corrected chi connectivity index (χ3v) is 8.24. The van der Waals surface area contributed by atoms with Crippen LogP contribution in [0.25, 0.3) is 22.4 Å². The quantitative estimate of drug-likeness (QED) is 0.363. The van der Waals surface area contributed by atoms with Crippen LogP contribution in [-0.2, 0) is 19.2 Å². The van der Waals surface area contributed by atoms with Crippen molar-refractivity contribution in [2.45, 2.75) is 51.6 Å². The van der Waals surface area contributed by atoms with Gasteiger partial charge in [0.1, 0.15) is 11.6 Å². The number of amides is 3. The fourth-order valence-electron chi connectivity index (χ4n) is 5.71. The zero-order valence-corrected chi connectivity index (χ0v) is 23.1. The second-order valence-electron chi connectivity index (χ2n) is 11.1. The molecule has 222 valence electrons. The maximum atomic E-state index is 12.8. The molecule has 1 aliphatic heterocycles. The molecule has 12 heteroatoms. The molecule has 0 bridgehead atoms. The van der Waals surface area contributed by atoms with Crippen LogP contribution in [0.1, 0.15) is 45.4 Å². The summed E-state index contributed by atoms with van der Waals surface area (Å²) in [6.07, 6.45) is -1.71. The van der Waals surface area contributed by atoms with Crippen molar-refractivity contribution in [2.24, 2.45) is 17.8 Å². The highest BCUT2D eigenvalue weighted by molar-refractivity contribution is 5.95. The van der Waals surface area contributed by atoms with Crippen LogP contribution in [0.2, 0.25) is 0 Å². The van der Waals surface area contributed by atoms with E-state index >= 15 is 0 Å². The average molecular weight is 584 g/mol. The molecule has 0 unspecified atom stereocenters. The van der Waals surface area contributed by atoms with E-state index in [0.29, 0.717) is 30.0 Å². The number of hydrogen-bond acceptors (Lipinski definition) is 5. The van der Waals surface area contributed by atoms with E-state index < -0.39 is 18.0 Å². The van der Waals surface area contributed by atoms with Gasteiger partial charge in [-0.05, 0) is 87.9 Å². The standard InChI is InChI=1S/C30H32F3N5O4/c1-17(39)18-2-4-20(5-3-18)27(40)35-23-10-11-24-25(16-23)37-26(36-24)19-6-8-22(9-7-19)34-28(41)21-12-14-38(15-13-21)29(42)30(31,32)33/h6-11,16,18,20-21H,2-5,12-15H2,1H3,(H,34,41)(H,35,40)(H,36,37). The normalized spacial score (nSPS) is 19.9. The van der Waals surface area contributed by atoms with Crippen molar-refractivity contribution in [3.8, 4) is 11.4 Å². The number of fused-ring (bicyclic) bond motifs is 1. The molecular formula is C30H32F3N5O4. The second kappa shape index (κ2) is 11.9. The number of carbonyl (C=O) groups is 4. The van der Waals surface area contributed by atoms with E-state index in [9.17, 15) is 32.3 Å². The number of likely N-dealkylation sites (tertiary alicyclic amines) is 1. The fraction of sp³-hybridized carbons (Fsp3) is 0.433. The van der Waals surface area contributed by atoms with Gasteiger partial charge in [0.25, 0.3) is 0 Å². The molecule has 3 amide bonds. The van der Waals surface area contributed by atoms with Crippen molar-refractivity contribution in [1.82, 2.24) is 14.9 Å². The Balaban J connectivity index is 1.16. The van der Waals surface area contributed by atoms with E-state index in [0.717, 1.165) is 34.3 Å². The van der Waals surface area contributed by atoms with Crippen LogP contribution in [-0.4, -0.2) is 57.6 Å². The van der Waals surface area contributed by atoms with Crippen molar-refractivity contribution in [1.29, 1.82) is 0 Å². The van der Waals surface area contributed by atoms with Gasteiger partial charge in [-0.25, -0.2) is 4.98 Å². The summed E-state index contributed by atoms with van der Waals surface area (Å²) in [6.45, 7) is 1.38. The molecular weight excluding hydrogens is 551 g/mol. The number of carbonyl (C=O) groups excluding carboxylic acids is 4. The Morgan fingerprint density at radius 1 is 0.810 bits per heavy atom. The van der Waals surface area contributed by atoms with Gasteiger partial charge in [-0.1, -0.05) is 0 Å². The predicted octanol–water partition coefficient (Wildman–Crippen LogP) is 5.30. The number of aromatic nitrogens is 2. The molecule has 2 heterocycles. The van der Waals surface area contributed by atoms with Crippen LogP contribution < -0.4 is 10.6 Å².